The fraction of sp³-hybridized carbons (Fsp3) is 0.818. The van der Waals surface area contributed by atoms with Gasteiger partial charge < -0.3 is 104 Å². The highest BCUT2D eigenvalue weighted by Crippen LogP contribution is 2.33. The van der Waals surface area contributed by atoms with Gasteiger partial charge in [-0.1, -0.05) is 225 Å². The molecule has 0 spiro atoms. The van der Waals surface area contributed by atoms with Gasteiger partial charge >= 0.3 is 0 Å². The van der Waals surface area contributed by atoms with Gasteiger partial charge in [0.15, 0.2) is 0 Å². The lowest BCUT2D eigenvalue weighted by Gasteiger charge is -2.26. The van der Waals surface area contributed by atoms with Crippen molar-refractivity contribution in [3.63, 3.8) is 0 Å². The van der Waals surface area contributed by atoms with Crippen LogP contribution in [0.25, 0.3) is 0 Å². The van der Waals surface area contributed by atoms with Gasteiger partial charge in [-0.25, -0.2) is 0 Å². The van der Waals surface area contributed by atoms with Crippen molar-refractivity contribution in [2.75, 3.05) is 172 Å². The summed E-state index contributed by atoms with van der Waals surface area (Å²) in [5.74, 6) is 1.51. The van der Waals surface area contributed by atoms with Crippen LogP contribution in [0.4, 0.5) is 0 Å². The van der Waals surface area contributed by atoms with Crippen molar-refractivity contribution in [1.29, 1.82) is 0 Å². The predicted octanol–water partition coefficient (Wildman–Crippen LogP) is 15.9. The minimum Gasteiger partial charge on any atom is -0.491 e. The molecule has 0 aliphatic carbocycles. The molecule has 0 aliphatic rings. The normalized spacial score (nSPS) is 9.31. The molecule has 2 aromatic carbocycles. The van der Waals surface area contributed by atoms with Crippen LogP contribution in [0.3, 0.4) is 0 Å². The molecule has 21 heteroatoms. The molecule has 11 N–H and O–H groups in total. The Morgan fingerprint density at radius 3 is 0.867 bits per heavy atom. The van der Waals surface area contributed by atoms with Gasteiger partial charge in [-0.2, -0.15) is 0 Å². The number of hydrogen-bond acceptors (Lipinski definition) is 21. The first kappa shape index (κ1) is 167. The Balaban J connectivity index is -0.0000000298. The molecule has 98 heavy (non-hydrogen) atoms. The summed E-state index contributed by atoms with van der Waals surface area (Å²) in [6, 6.07) is 15.9. The number of rotatable bonds is 41. The first-order chi connectivity index (χ1) is 38.6. The molecule has 3 atom stereocenters. The summed E-state index contributed by atoms with van der Waals surface area (Å²) < 4.78 is 50.5. The molecule has 21 nitrogen and oxygen atoms in total. The van der Waals surface area contributed by atoms with Crippen molar-refractivity contribution < 1.29 is 104 Å². The van der Waals surface area contributed by atoms with E-state index in [2.05, 4.69) is 45.9 Å². The van der Waals surface area contributed by atoms with Gasteiger partial charge in [0.05, 0.1) is 150 Å². The molecule has 0 aromatic heterocycles. The highest BCUT2D eigenvalue weighted by Gasteiger charge is 2.23. The Bertz CT molecular complexity index is 1320. The predicted molar refractivity (Wildman–Crippen MR) is 436 cm³/mol. The van der Waals surface area contributed by atoms with Gasteiger partial charge in [0.2, 0.25) is 0 Å². The third kappa shape index (κ3) is 144. The van der Waals surface area contributed by atoms with Gasteiger partial charge in [0.25, 0.3) is 0 Å². The number of ether oxygens (including phenoxy) is 10. The molecule has 2 rings (SSSR count). The standard InChI is InChI=1S/C19H24O4.C10H22O3.C9H20O3.C6H14O2.C5H12O3.C5H10O2.C3H8O2.C2H6O2.18CH4/c1-19(2,15-3-7-17(8-4-15)22-13-11-20)16-5-9-18(10-6-16)23-14-12-21;1-3-5-6-12-7-8-13-9-10(11)4-2;1-3-4-5-11-6-7-12-8-9(2)10;1-2-3-5-8-6-4-7;1-5(7)4-8-3-2-6;1-2-4-7-5-3-6;1-5-3-2-4;3-1-2-4;;;;;;;;;;;;;;;;;;/h3-10,20-21H,11-14H2,1-2H3;10-11H,3-9H2,1-2H3;9-10H,3-8H2,1-2H3;7H,2-6H2,1H3;5-7H,2-4H2,1H3;2,6H,1,3-5H2;4H,2-3H2,1H3;3-4H,1-2H2;18*1H4. The van der Waals surface area contributed by atoms with Crippen molar-refractivity contribution in [2.45, 2.75) is 258 Å². The molecular formula is C77H188O21. The zero-order valence-electron chi connectivity index (χ0n) is 50.8. The summed E-state index contributed by atoms with van der Waals surface area (Å²) in [6.45, 7) is 28.3. The molecule has 2 aromatic rings. The van der Waals surface area contributed by atoms with Crippen LogP contribution in [0.2, 0.25) is 0 Å². The molecule has 0 saturated heterocycles. The van der Waals surface area contributed by atoms with E-state index in [1.807, 2.05) is 55.5 Å². The number of benzene rings is 2. The number of aliphatic hydroxyl groups is 11. The molecule has 0 amide bonds. The first-order valence-electron chi connectivity index (χ1n) is 28.1. The molecule has 0 saturated carbocycles. The van der Waals surface area contributed by atoms with Gasteiger partial charge in [-0.3, -0.25) is 0 Å². The smallest absolute Gasteiger partial charge is 0.119 e. The van der Waals surface area contributed by atoms with Gasteiger partial charge in [0, 0.05) is 32.3 Å². The zero-order chi connectivity index (χ0) is 61.6. The Labute approximate surface area is 615 Å². The third-order valence-electron chi connectivity index (χ3n) is 9.38. The van der Waals surface area contributed by atoms with E-state index in [1.165, 1.54) is 11.1 Å². The highest BCUT2D eigenvalue weighted by atomic mass is 16.5. The number of methoxy groups -OCH3 is 1. The number of aliphatic hydroxyl groups excluding tert-OH is 11. The van der Waals surface area contributed by atoms with Crippen molar-refractivity contribution in [2.24, 2.45) is 0 Å². The molecule has 0 fully saturated rings. The third-order valence-corrected chi connectivity index (χ3v) is 9.38. The van der Waals surface area contributed by atoms with Gasteiger partial charge in [-0.05, 0) is 74.9 Å². The summed E-state index contributed by atoms with van der Waals surface area (Å²) in [6.07, 6.45) is 8.06. The summed E-state index contributed by atoms with van der Waals surface area (Å²) >= 11 is 0. The van der Waals surface area contributed by atoms with Crippen LogP contribution >= 0.6 is 0 Å². The summed E-state index contributed by atoms with van der Waals surface area (Å²) in [4.78, 5) is 0. The molecule has 622 valence electrons. The van der Waals surface area contributed by atoms with E-state index < -0.39 is 6.10 Å². The van der Waals surface area contributed by atoms with Gasteiger partial charge in [-0.15, -0.1) is 6.58 Å². The monoisotopic (exact) mass is 1450 g/mol. The van der Waals surface area contributed by atoms with E-state index in [0.29, 0.717) is 92.5 Å². The number of hydrogen-bond donors (Lipinski definition) is 11. The fourth-order valence-corrected chi connectivity index (χ4v) is 5.01. The average Bonchev–Trinajstić information content (AvgIpc) is 0.830. The molecule has 0 bridgehead atoms. The topological polar surface area (TPSA) is 315 Å². The van der Waals surface area contributed by atoms with E-state index in [1.54, 1.807) is 27.0 Å². The highest BCUT2D eigenvalue weighted by molar-refractivity contribution is 5.41. The second-order valence-corrected chi connectivity index (χ2v) is 17.4. The zero-order valence-corrected chi connectivity index (χ0v) is 50.8. The molecular weight excluding hydrogens is 1260 g/mol. The lowest BCUT2D eigenvalue weighted by atomic mass is 9.78. The fourth-order valence-electron chi connectivity index (χ4n) is 5.01. The van der Waals surface area contributed by atoms with E-state index in [4.69, 9.17) is 98.8 Å². The second kappa shape index (κ2) is 145. The SMILES string of the molecule is C.C.C.C.C.C.C.C.C.C.C.C.C.C.C.C.C.C.C=CCOCCO.CC(C)(c1ccc(OCCO)cc1)c1ccc(OCCO)cc1.CC(O)COCCO.CCCCOCCO.CCCCOCCOCC(C)O.CCCCOCCOCC(O)CC.COCCO.OCCO. The molecule has 0 aliphatic heterocycles. The Morgan fingerprint density at radius 2 is 0.622 bits per heavy atom. The van der Waals surface area contributed by atoms with Crippen LogP contribution in [0.1, 0.15) is 245 Å². The van der Waals surface area contributed by atoms with Crippen molar-refractivity contribution in [3.05, 3.63) is 72.3 Å². The second-order valence-electron chi connectivity index (χ2n) is 17.4. The minimum atomic E-state index is -0.429. The van der Waals surface area contributed by atoms with E-state index in [-0.39, 0.29) is 204 Å². The van der Waals surface area contributed by atoms with Crippen molar-refractivity contribution in [1.82, 2.24) is 0 Å². The molecule has 0 radical (unpaired) electrons. The lowest BCUT2D eigenvalue weighted by Crippen LogP contribution is -2.18. The van der Waals surface area contributed by atoms with Crippen LogP contribution in [0, 0.1) is 0 Å². The maximum Gasteiger partial charge on any atom is 0.119 e. The maximum absolute atomic E-state index is 9.13. The van der Waals surface area contributed by atoms with Crippen LogP contribution in [-0.2, 0) is 43.3 Å². The lowest BCUT2D eigenvalue weighted by molar-refractivity contribution is 0.00256. The summed E-state index contributed by atoms with van der Waals surface area (Å²) in [5, 5.41) is 91.8. The largest absolute Gasteiger partial charge is 0.491 e. The maximum atomic E-state index is 9.13. The quantitative estimate of drug-likeness (QED) is 0.0218. The minimum absolute atomic E-state index is 0. The van der Waals surface area contributed by atoms with E-state index >= 15 is 0 Å². The summed E-state index contributed by atoms with van der Waals surface area (Å²) in [5.41, 5.74) is 2.21. The molecule has 0 heterocycles. The van der Waals surface area contributed by atoms with Gasteiger partial charge in [0.1, 0.15) is 24.7 Å². The van der Waals surface area contributed by atoms with E-state index in [9.17, 15) is 0 Å². The van der Waals surface area contributed by atoms with E-state index in [0.717, 1.165) is 76.3 Å². The van der Waals surface area contributed by atoms with Crippen LogP contribution < -0.4 is 9.47 Å². The van der Waals surface area contributed by atoms with Crippen LogP contribution in [0.5, 0.6) is 11.5 Å². The number of unbranched alkanes of at least 4 members (excludes halogenated alkanes) is 3. The van der Waals surface area contributed by atoms with Crippen LogP contribution in [-0.4, -0.2) is 247 Å². The van der Waals surface area contributed by atoms with Crippen molar-refractivity contribution in [3.8, 4) is 11.5 Å². The van der Waals surface area contributed by atoms with Crippen molar-refractivity contribution >= 4 is 0 Å². The Kier molecular flexibility index (Phi) is 246. The Morgan fingerprint density at radius 1 is 0.357 bits per heavy atom. The first-order valence-corrected chi connectivity index (χ1v) is 28.1. The van der Waals surface area contributed by atoms with Crippen LogP contribution in [0.15, 0.2) is 61.2 Å². The molecule has 3 unspecified atom stereocenters. The Hall–Kier alpha value is -2.98. The average molecular weight is 1450 g/mol. The summed E-state index contributed by atoms with van der Waals surface area (Å²) in [7, 11) is 1.55.